The van der Waals surface area contributed by atoms with Crippen molar-refractivity contribution < 1.29 is 13.9 Å². The Morgan fingerprint density at radius 1 is 0.893 bits per heavy atom. The number of para-hydroxylation sites is 1. The Labute approximate surface area is 160 Å². The van der Waals surface area contributed by atoms with Crippen molar-refractivity contribution in [1.82, 2.24) is 20.2 Å². The number of nitrogens with zero attached hydrogens (tertiary/aromatic N) is 4. The summed E-state index contributed by atoms with van der Waals surface area (Å²) in [5.74, 6) is 0.577. The van der Waals surface area contributed by atoms with Gasteiger partial charge in [0.25, 0.3) is 0 Å². The zero-order valence-corrected chi connectivity index (χ0v) is 14.7. The molecule has 4 rings (SSSR count). The van der Waals surface area contributed by atoms with Crippen LogP contribution in [0.2, 0.25) is 0 Å². The molecule has 0 fully saturated rings. The van der Waals surface area contributed by atoms with Crippen molar-refractivity contribution in [3.05, 3.63) is 102 Å². The smallest absolute Gasteiger partial charge is 0.194 e. The molecule has 0 bridgehead atoms. The quantitative estimate of drug-likeness (QED) is 0.482. The number of carbonyl (C=O) groups is 1. The molecule has 7 heteroatoms. The fourth-order valence-corrected chi connectivity index (χ4v) is 2.68. The molecule has 0 N–H and O–H groups in total. The monoisotopic (exact) mass is 374 g/mol. The molecule has 1 heterocycles. The van der Waals surface area contributed by atoms with Crippen LogP contribution in [0, 0.1) is 5.82 Å². The molecule has 0 spiro atoms. The summed E-state index contributed by atoms with van der Waals surface area (Å²) in [4.78, 5) is 12.4. The van der Waals surface area contributed by atoms with Crippen LogP contribution in [0.3, 0.4) is 0 Å². The highest BCUT2D eigenvalue weighted by atomic mass is 19.1. The van der Waals surface area contributed by atoms with Crippen LogP contribution in [0.15, 0.2) is 78.9 Å². The normalized spacial score (nSPS) is 10.6. The van der Waals surface area contributed by atoms with Crippen LogP contribution in [-0.4, -0.2) is 26.0 Å². The third-order valence-electron chi connectivity index (χ3n) is 4.13. The van der Waals surface area contributed by atoms with Crippen LogP contribution in [0.25, 0.3) is 5.69 Å². The van der Waals surface area contributed by atoms with E-state index in [9.17, 15) is 9.18 Å². The van der Waals surface area contributed by atoms with Gasteiger partial charge in [-0.05, 0) is 71.1 Å². The van der Waals surface area contributed by atoms with E-state index in [0.717, 1.165) is 5.69 Å². The Balaban J connectivity index is 1.44. The summed E-state index contributed by atoms with van der Waals surface area (Å²) in [7, 11) is 0. The standard InChI is InChI=1S/C21H15FN4O2/c22-17-10-6-15(7-11-17)21(27)16-8-12-19(13-9-16)28-14-20-23-24-25-26(20)18-4-2-1-3-5-18/h1-13H,14H2. The number of aromatic nitrogens is 4. The van der Waals surface area contributed by atoms with E-state index in [2.05, 4.69) is 15.5 Å². The van der Waals surface area contributed by atoms with Gasteiger partial charge in [-0.2, -0.15) is 4.68 Å². The minimum Gasteiger partial charge on any atom is -0.486 e. The topological polar surface area (TPSA) is 69.9 Å². The van der Waals surface area contributed by atoms with Gasteiger partial charge in [-0.3, -0.25) is 4.79 Å². The number of carbonyl (C=O) groups excluding carboxylic acids is 1. The summed E-state index contributed by atoms with van der Waals surface area (Å²) >= 11 is 0. The fourth-order valence-electron chi connectivity index (χ4n) is 2.68. The van der Waals surface area contributed by atoms with Gasteiger partial charge in [-0.25, -0.2) is 4.39 Å². The lowest BCUT2D eigenvalue weighted by molar-refractivity contribution is 0.103. The number of rotatable bonds is 6. The van der Waals surface area contributed by atoms with E-state index in [4.69, 9.17) is 4.74 Å². The number of ether oxygens (including phenoxy) is 1. The summed E-state index contributed by atoms with van der Waals surface area (Å²) in [5.41, 5.74) is 1.76. The minimum absolute atomic E-state index is 0.174. The van der Waals surface area contributed by atoms with Crippen molar-refractivity contribution in [2.24, 2.45) is 0 Å². The highest BCUT2D eigenvalue weighted by molar-refractivity contribution is 6.08. The third kappa shape index (κ3) is 3.78. The molecule has 4 aromatic rings. The number of ketones is 1. The summed E-state index contributed by atoms with van der Waals surface area (Å²) in [6, 6.07) is 21.7. The molecule has 138 valence electrons. The summed E-state index contributed by atoms with van der Waals surface area (Å²) in [6.45, 7) is 0.174. The summed E-state index contributed by atoms with van der Waals surface area (Å²) in [6.07, 6.45) is 0. The van der Waals surface area contributed by atoms with Crippen molar-refractivity contribution in [2.45, 2.75) is 6.61 Å². The van der Waals surface area contributed by atoms with E-state index in [1.165, 1.54) is 24.3 Å². The van der Waals surface area contributed by atoms with Crippen LogP contribution >= 0.6 is 0 Å². The lowest BCUT2D eigenvalue weighted by Crippen LogP contribution is -2.07. The Bertz CT molecular complexity index is 1080. The highest BCUT2D eigenvalue weighted by Crippen LogP contribution is 2.17. The average molecular weight is 374 g/mol. The summed E-state index contributed by atoms with van der Waals surface area (Å²) in [5, 5.41) is 11.7. The first-order chi connectivity index (χ1) is 13.7. The molecular weight excluding hydrogens is 359 g/mol. The lowest BCUT2D eigenvalue weighted by Gasteiger charge is -2.08. The zero-order chi connectivity index (χ0) is 19.3. The van der Waals surface area contributed by atoms with E-state index in [1.54, 1.807) is 28.9 Å². The molecule has 3 aromatic carbocycles. The van der Waals surface area contributed by atoms with Gasteiger partial charge in [0.15, 0.2) is 11.6 Å². The van der Waals surface area contributed by atoms with Crippen molar-refractivity contribution in [2.75, 3.05) is 0 Å². The van der Waals surface area contributed by atoms with Crippen molar-refractivity contribution in [1.29, 1.82) is 0 Å². The van der Waals surface area contributed by atoms with Crippen molar-refractivity contribution >= 4 is 5.78 Å². The van der Waals surface area contributed by atoms with Crippen LogP contribution in [0.4, 0.5) is 4.39 Å². The van der Waals surface area contributed by atoms with Crippen LogP contribution < -0.4 is 4.74 Å². The van der Waals surface area contributed by atoms with E-state index in [-0.39, 0.29) is 18.2 Å². The molecule has 0 saturated carbocycles. The number of halogens is 1. The van der Waals surface area contributed by atoms with Crippen LogP contribution in [-0.2, 0) is 6.61 Å². The molecule has 0 amide bonds. The second-order valence-electron chi connectivity index (χ2n) is 5.99. The Morgan fingerprint density at radius 2 is 1.54 bits per heavy atom. The van der Waals surface area contributed by atoms with Gasteiger partial charge in [-0.15, -0.1) is 5.10 Å². The van der Waals surface area contributed by atoms with Gasteiger partial charge >= 0.3 is 0 Å². The maximum absolute atomic E-state index is 13.0. The summed E-state index contributed by atoms with van der Waals surface area (Å²) < 4.78 is 20.3. The molecule has 0 saturated heterocycles. The largest absolute Gasteiger partial charge is 0.486 e. The first-order valence-electron chi connectivity index (χ1n) is 8.56. The third-order valence-corrected chi connectivity index (χ3v) is 4.13. The lowest BCUT2D eigenvalue weighted by atomic mass is 10.0. The molecule has 0 unspecified atom stereocenters. The maximum atomic E-state index is 13.0. The second kappa shape index (κ2) is 7.79. The molecule has 6 nitrogen and oxygen atoms in total. The Kier molecular flexibility index (Phi) is 4.88. The number of hydrogen-bond donors (Lipinski definition) is 0. The van der Waals surface area contributed by atoms with Crippen molar-refractivity contribution in [3.63, 3.8) is 0 Å². The SMILES string of the molecule is O=C(c1ccc(F)cc1)c1ccc(OCc2nnnn2-c2ccccc2)cc1. The van der Waals surface area contributed by atoms with Crippen LogP contribution in [0.5, 0.6) is 5.75 Å². The van der Waals surface area contributed by atoms with E-state index in [0.29, 0.717) is 22.7 Å². The van der Waals surface area contributed by atoms with Crippen molar-refractivity contribution in [3.8, 4) is 11.4 Å². The number of hydrogen-bond acceptors (Lipinski definition) is 5. The van der Waals surface area contributed by atoms with Gasteiger partial charge in [0, 0.05) is 11.1 Å². The zero-order valence-electron chi connectivity index (χ0n) is 14.7. The predicted octanol–water partition coefficient (Wildman–Crippen LogP) is 3.61. The fraction of sp³-hybridized carbons (Fsp3) is 0.0476. The van der Waals surface area contributed by atoms with E-state index >= 15 is 0 Å². The highest BCUT2D eigenvalue weighted by Gasteiger charge is 2.11. The second-order valence-corrected chi connectivity index (χ2v) is 5.99. The van der Waals surface area contributed by atoms with Gasteiger partial charge < -0.3 is 4.74 Å². The Hall–Kier alpha value is -3.87. The molecule has 0 aliphatic heterocycles. The molecule has 0 aliphatic carbocycles. The van der Waals surface area contributed by atoms with Gasteiger partial charge in [-0.1, -0.05) is 18.2 Å². The molecule has 0 radical (unpaired) electrons. The minimum atomic E-state index is -0.377. The van der Waals surface area contributed by atoms with Gasteiger partial charge in [0.1, 0.15) is 18.2 Å². The molecule has 28 heavy (non-hydrogen) atoms. The molecule has 1 aromatic heterocycles. The first-order valence-corrected chi connectivity index (χ1v) is 8.56. The molecule has 0 atom stereocenters. The van der Waals surface area contributed by atoms with E-state index < -0.39 is 0 Å². The first kappa shape index (κ1) is 17.5. The molecular formula is C21H15FN4O2. The van der Waals surface area contributed by atoms with Crippen LogP contribution in [0.1, 0.15) is 21.7 Å². The predicted molar refractivity (Wildman–Crippen MR) is 99.8 cm³/mol. The number of tetrazole rings is 1. The van der Waals surface area contributed by atoms with Gasteiger partial charge in [0.05, 0.1) is 5.69 Å². The van der Waals surface area contributed by atoms with Gasteiger partial charge in [0.2, 0.25) is 0 Å². The molecule has 0 aliphatic rings. The maximum Gasteiger partial charge on any atom is 0.194 e. The Morgan fingerprint density at radius 3 is 2.21 bits per heavy atom. The number of benzene rings is 3. The average Bonchev–Trinajstić information content (AvgIpc) is 3.22. The van der Waals surface area contributed by atoms with E-state index in [1.807, 2.05) is 30.3 Å².